The highest BCUT2D eigenvalue weighted by Gasteiger charge is 2.16. The van der Waals surface area contributed by atoms with Gasteiger partial charge >= 0.3 is 5.97 Å². The maximum atomic E-state index is 12.2. The quantitative estimate of drug-likeness (QED) is 0.551. The number of ether oxygens (including phenoxy) is 1. The molecule has 1 amide bonds. The molecular formula is C15H29NO3S. The molecule has 0 aliphatic rings. The first-order valence-corrected chi connectivity index (χ1v) is 8.65. The Morgan fingerprint density at radius 1 is 1.15 bits per heavy atom. The van der Waals surface area contributed by atoms with Crippen LogP contribution in [0.1, 0.15) is 46.5 Å². The fourth-order valence-corrected chi connectivity index (χ4v) is 2.71. The molecule has 0 aliphatic heterocycles. The van der Waals surface area contributed by atoms with Gasteiger partial charge in [0.25, 0.3) is 0 Å². The number of rotatable bonds is 11. The molecule has 0 saturated heterocycles. The molecule has 118 valence electrons. The SMILES string of the molecule is CCCCN(CCCC)C(=O)CSCC(C)C(=O)OC. The van der Waals surface area contributed by atoms with Crippen LogP contribution in [-0.2, 0) is 14.3 Å². The summed E-state index contributed by atoms with van der Waals surface area (Å²) >= 11 is 1.52. The number of carbonyl (C=O) groups is 2. The molecule has 0 aromatic rings. The number of carbonyl (C=O) groups excluding carboxylic acids is 2. The minimum atomic E-state index is -0.209. The Kier molecular flexibility index (Phi) is 11.6. The molecule has 1 atom stereocenters. The van der Waals surface area contributed by atoms with Crippen molar-refractivity contribution in [3.05, 3.63) is 0 Å². The topological polar surface area (TPSA) is 46.6 Å². The number of methoxy groups -OCH3 is 1. The van der Waals surface area contributed by atoms with E-state index < -0.39 is 0 Å². The van der Waals surface area contributed by atoms with E-state index in [1.807, 2.05) is 11.8 Å². The van der Waals surface area contributed by atoms with Gasteiger partial charge in [0.1, 0.15) is 0 Å². The van der Waals surface area contributed by atoms with Crippen molar-refractivity contribution in [1.29, 1.82) is 0 Å². The molecule has 0 rings (SSSR count). The van der Waals surface area contributed by atoms with E-state index in [9.17, 15) is 9.59 Å². The Bertz CT molecular complexity index is 276. The Hall–Kier alpha value is -0.710. The highest BCUT2D eigenvalue weighted by molar-refractivity contribution is 7.99. The lowest BCUT2D eigenvalue weighted by atomic mass is 10.2. The number of amides is 1. The lowest BCUT2D eigenvalue weighted by molar-refractivity contribution is -0.144. The molecule has 0 aliphatic carbocycles. The van der Waals surface area contributed by atoms with Crippen molar-refractivity contribution in [1.82, 2.24) is 4.90 Å². The van der Waals surface area contributed by atoms with Crippen LogP contribution < -0.4 is 0 Å². The number of nitrogens with zero attached hydrogens (tertiary/aromatic N) is 1. The predicted octanol–water partition coefficient (Wildman–Crippen LogP) is 2.96. The van der Waals surface area contributed by atoms with Crippen molar-refractivity contribution in [2.45, 2.75) is 46.5 Å². The third-order valence-electron chi connectivity index (χ3n) is 3.11. The lowest BCUT2D eigenvalue weighted by Gasteiger charge is -2.22. The summed E-state index contributed by atoms with van der Waals surface area (Å²) in [4.78, 5) is 25.4. The molecule has 0 bridgehead atoms. The van der Waals surface area contributed by atoms with Crippen molar-refractivity contribution in [2.75, 3.05) is 31.7 Å². The summed E-state index contributed by atoms with van der Waals surface area (Å²) in [5.41, 5.74) is 0. The van der Waals surface area contributed by atoms with Crippen molar-refractivity contribution in [2.24, 2.45) is 5.92 Å². The van der Waals surface area contributed by atoms with Crippen LogP contribution in [0, 0.1) is 5.92 Å². The molecule has 0 aromatic heterocycles. The summed E-state index contributed by atoms with van der Waals surface area (Å²) in [7, 11) is 1.39. The second-order valence-electron chi connectivity index (χ2n) is 5.03. The van der Waals surface area contributed by atoms with Gasteiger partial charge in [-0.15, -0.1) is 0 Å². The molecule has 4 nitrogen and oxygen atoms in total. The fourth-order valence-electron chi connectivity index (χ4n) is 1.74. The predicted molar refractivity (Wildman–Crippen MR) is 84.9 cm³/mol. The van der Waals surface area contributed by atoms with E-state index in [2.05, 4.69) is 18.6 Å². The molecular weight excluding hydrogens is 274 g/mol. The maximum absolute atomic E-state index is 12.2. The van der Waals surface area contributed by atoms with Crippen molar-refractivity contribution in [3.8, 4) is 0 Å². The van der Waals surface area contributed by atoms with Gasteiger partial charge in [0.2, 0.25) is 5.91 Å². The van der Waals surface area contributed by atoms with E-state index in [1.54, 1.807) is 0 Å². The summed E-state index contributed by atoms with van der Waals surface area (Å²) in [5.74, 6) is 0.910. The van der Waals surface area contributed by atoms with Crippen LogP contribution in [0.15, 0.2) is 0 Å². The van der Waals surface area contributed by atoms with Crippen LogP contribution in [0.2, 0.25) is 0 Å². The smallest absolute Gasteiger partial charge is 0.309 e. The van der Waals surface area contributed by atoms with E-state index in [0.717, 1.165) is 38.8 Å². The van der Waals surface area contributed by atoms with E-state index in [-0.39, 0.29) is 17.8 Å². The average Bonchev–Trinajstić information content (AvgIpc) is 2.46. The summed E-state index contributed by atoms with van der Waals surface area (Å²) < 4.78 is 4.68. The first kappa shape index (κ1) is 19.3. The second-order valence-corrected chi connectivity index (χ2v) is 6.06. The number of hydrogen-bond acceptors (Lipinski definition) is 4. The second kappa shape index (κ2) is 12.1. The van der Waals surface area contributed by atoms with E-state index in [1.165, 1.54) is 18.9 Å². The Balaban J connectivity index is 4.07. The standard InChI is InChI=1S/C15H29NO3S/c1-5-7-9-16(10-8-6-2)14(17)12-20-11-13(3)15(18)19-4/h13H,5-12H2,1-4H3. The summed E-state index contributed by atoms with van der Waals surface area (Å²) in [6, 6.07) is 0. The largest absolute Gasteiger partial charge is 0.469 e. The van der Waals surface area contributed by atoms with Crippen LogP contribution >= 0.6 is 11.8 Å². The maximum Gasteiger partial charge on any atom is 0.309 e. The van der Waals surface area contributed by atoms with Crippen LogP contribution in [0.3, 0.4) is 0 Å². The first-order valence-electron chi connectivity index (χ1n) is 7.50. The van der Waals surface area contributed by atoms with Gasteiger partial charge in [-0.05, 0) is 12.8 Å². The van der Waals surface area contributed by atoms with Crippen molar-refractivity contribution >= 4 is 23.6 Å². The molecule has 0 aromatic carbocycles. The summed E-state index contributed by atoms with van der Waals surface area (Å²) in [6.07, 6.45) is 4.31. The Labute approximate surface area is 127 Å². The molecule has 0 spiro atoms. The molecule has 0 saturated carbocycles. The van der Waals surface area contributed by atoms with Gasteiger partial charge in [0.05, 0.1) is 18.8 Å². The molecule has 20 heavy (non-hydrogen) atoms. The number of hydrogen-bond donors (Lipinski definition) is 0. The van der Waals surface area contributed by atoms with Crippen molar-refractivity contribution in [3.63, 3.8) is 0 Å². The molecule has 1 unspecified atom stereocenters. The lowest BCUT2D eigenvalue weighted by Crippen LogP contribution is -2.34. The fraction of sp³-hybridized carbons (Fsp3) is 0.867. The number of unbranched alkanes of at least 4 members (excludes halogenated alkanes) is 2. The van der Waals surface area contributed by atoms with Gasteiger partial charge in [-0.1, -0.05) is 33.6 Å². The van der Waals surface area contributed by atoms with Crippen LogP contribution in [-0.4, -0.2) is 48.5 Å². The first-order chi connectivity index (χ1) is 9.56. The van der Waals surface area contributed by atoms with E-state index >= 15 is 0 Å². The van der Waals surface area contributed by atoms with Gasteiger partial charge in [-0.3, -0.25) is 9.59 Å². The monoisotopic (exact) mass is 303 g/mol. The number of thioether (sulfide) groups is 1. The van der Waals surface area contributed by atoms with Gasteiger partial charge in [-0.25, -0.2) is 0 Å². The normalized spacial score (nSPS) is 12.0. The van der Waals surface area contributed by atoms with Gasteiger partial charge in [0, 0.05) is 18.8 Å². The summed E-state index contributed by atoms with van der Waals surface area (Å²) in [6.45, 7) is 7.80. The minimum absolute atomic E-state index is 0.155. The zero-order valence-corrected chi connectivity index (χ0v) is 14.1. The number of esters is 1. The average molecular weight is 303 g/mol. The van der Waals surface area contributed by atoms with E-state index in [4.69, 9.17) is 0 Å². The van der Waals surface area contributed by atoms with Crippen LogP contribution in [0.5, 0.6) is 0 Å². The van der Waals surface area contributed by atoms with E-state index in [0.29, 0.717) is 11.5 Å². The highest BCUT2D eigenvalue weighted by Crippen LogP contribution is 2.11. The van der Waals surface area contributed by atoms with Gasteiger partial charge in [-0.2, -0.15) is 11.8 Å². The van der Waals surface area contributed by atoms with Crippen LogP contribution in [0.4, 0.5) is 0 Å². The molecule has 0 fully saturated rings. The molecule has 0 heterocycles. The zero-order valence-electron chi connectivity index (χ0n) is 13.3. The third kappa shape index (κ3) is 8.46. The summed E-state index contributed by atoms with van der Waals surface area (Å²) in [5, 5.41) is 0. The Morgan fingerprint density at radius 3 is 2.15 bits per heavy atom. The van der Waals surface area contributed by atoms with Crippen LogP contribution in [0.25, 0.3) is 0 Å². The highest BCUT2D eigenvalue weighted by atomic mass is 32.2. The third-order valence-corrected chi connectivity index (χ3v) is 4.30. The zero-order chi connectivity index (χ0) is 15.4. The Morgan fingerprint density at radius 2 is 1.70 bits per heavy atom. The van der Waals surface area contributed by atoms with Gasteiger partial charge in [0.15, 0.2) is 0 Å². The van der Waals surface area contributed by atoms with Crippen molar-refractivity contribution < 1.29 is 14.3 Å². The molecule has 5 heteroatoms. The molecule has 0 radical (unpaired) electrons. The minimum Gasteiger partial charge on any atom is -0.469 e. The molecule has 0 N–H and O–H groups in total. The van der Waals surface area contributed by atoms with Gasteiger partial charge < -0.3 is 9.64 Å².